The molecule has 118 valence electrons. The fourth-order valence-corrected chi connectivity index (χ4v) is 2.93. The third-order valence-electron chi connectivity index (χ3n) is 3.26. The van der Waals surface area contributed by atoms with E-state index in [1.165, 1.54) is 4.90 Å². The summed E-state index contributed by atoms with van der Waals surface area (Å²) in [4.78, 5) is 18.3. The number of rotatable bonds is 5. The molecule has 4 nitrogen and oxygen atoms in total. The summed E-state index contributed by atoms with van der Waals surface area (Å²) < 4.78 is 0. The van der Waals surface area contributed by atoms with E-state index in [0.29, 0.717) is 23.0 Å². The average Bonchev–Trinajstić information content (AvgIpc) is 2.95. The first kappa shape index (κ1) is 16.9. The molecule has 0 spiro atoms. The molecule has 1 heterocycles. The van der Waals surface area contributed by atoms with Gasteiger partial charge in [0.1, 0.15) is 0 Å². The Kier molecular flexibility index (Phi) is 5.56. The maximum Gasteiger partial charge on any atom is 0.256 e. The Balaban J connectivity index is 2.03. The van der Waals surface area contributed by atoms with Gasteiger partial charge >= 0.3 is 0 Å². The number of likely N-dealkylation sites (N-methyl/N-ethyl adjacent to an activating group) is 1. The van der Waals surface area contributed by atoms with Crippen LogP contribution in [-0.4, -0.2) is 27.9 Å². The number of nitrogens with zero attached hydrogens (tertiary/aromatic N) is 2. The average molecular weight is 339 g/mol. The Morgan fingerprint density at radius 1 is 1.36 bits per heavy atom. The molecule has 0 saturated carbocycles. The number of halogens is 1. The maximum absolute atomic E-state index is 12.3. The van der Waals surface area contributed by atoms with E-state index in [0.717, 1.165) is 10.7 Å². The molecule has 2 rings (SSSR count). The molecule has 1 aromatic carbocycles. The number of aliphatic hydroxyl groups excluding tert-OH is 1. The van der Waals surface area contributed by atoms with Crippen molar-refractivity contribution >= 4 is 28.8 Å². The van der Waals surface area contributed by atoms with Crippen molar-refractivity contribution in [2.45, 2.75) is 32.4 Å². The summed E-state index contributed by atoms with van der Waals surface area (Å²) in [6, 6.07) is 6.61. The first-order chi connectivity index (χ1) is 10.4. The van der Waals surface area contributed by atoms with E-state index >= 15 is 0 Å². The van der Waals surface area contributed by atoms with Crippen LogP contribution >= 0.6 is 22.9 Å². The Labute approximate surface area is 139 Å². The van der Waals surface area contributed by atoms with Crippen molar-refractivity contribution in [3.63, 3.8) is 0 Å². The molecule has 0 aliphatic carbocycles. The lowest BCUT2D eigenvalue weighted by molar-refractivity contribution is -0.139. The number of aromatic nitrogens is 1. The van der Waals surface area contributed by atoms with Crippen LogP contribution in [0.1, 0.15) is 42.1 Å². The number of thiazole rings is 1. The van der Waals surface area contributed by atoms with Crippen molar-refractivity contribution in [1.29, 1.82) is 0 Å². The first-order valence-corrected chi connectivity index (χ1v) is 8.27. The Hall–Kier alpha value is -1.43. The van der Waals surface area contributed by atoms with Gasteiger partial charge in [-0.25, -0.2) is 4.98 Å². The fraction of sp³-hybridized carbons (Fsp3) is 0.375. The second kappa shape index (κ2) is 7.22. The number of carbonyl (C=O) groups is 1. The van der Waals surface area contributed by atoms with E-state index in [4.69, 9.17) is 11.6 Å². The largest absolute Gasteiger partial charge is 0.378 e. The van der Waals surface area contributed by atoms with E-state index in [-0.39, 0.29) is 5.91 Å². The van der Waals surface area contributed by atoms with Crippen molar-refractivity contribution in [1.82, 2.24) is 9.88 Å². The molecule has 0 fully saturated rings. The van der Waals surface area contributed by atoms with Crippen molar-refractivity contribution in [2.75, 3.05) is 7.05 Å². The van der Waals surface area contributed by atoms with Crippen molar-refractivity contribution in [3.8, 4) is 0 Å². The van der Waals surface area contributed by atoms with Crippen LogP contribution in [0.4, 0.5) is 0 Å². The molecule has 1 aromatic heterocycles. The summed E-state index contributed by atoms with van der Waals surface area (Å²) in [7, 11) is 1.66. The van der Waals surface area contributed by atoms with Gasteiger partial charge in [0.15, 0.2) is 6.10 Å². The highest BCUT2D eigenvalue weighted by atomic mass is 35.5. The third kappa shape index (κ3) is 4.06. The monoisotopic (exact) mass is 338 g/mol. The van der Waals surface area contributed by atoms with Gasteiger partial charge < -0.3 is 10.0 Å². The molecule has 0 radical (unpaired) electrons. The summed E-state index contributed by atoms with van der Waals surface area (Å²) >= 11 is 7.40. The highest BCUT2D eigenvalue weighted by Gasteiger charge is 2.22. The standard InChI is InChI=1S/C16H19ClN2O2S/c1-10(2)15-18-13(9-22-15)8-19(3)16(21)14(20)11-4-6-12(17)7-5-11/h4-7,9-10,14,20H,8H2,1-3H3/t14-/m0/s1. The SMILES string of the molecule is CC(C)c1nc(CN(C)C(=O)[C@@H](O)c2ccc(Cl)cc2)cs1. The zero-order valence-electron chi connectivity index (χ0n) is 12.8. The molecule has 1 atom stereocenters. The second-order valence-electron chi connectivity index (χ2n) is 5.48. The molecule has 0 aliphatic heterocycles. The number of benzene rings is 1. The van der Waals surface area contributed by atoms with Gasteiger partial charge in [0, 0.05) is 23.4 Å². The molecular weight excluding hydrogens is 320 g/mol. The number of hydrogen-bond acceptors (Lipinski definition) is 4. The first-order valence-electron chi connectivity index (χ1n) is 7.01. The minimum absolute atomic E-state index is 0.360. The predicted molar refractivity (Wildman–Crippen MR) is 89.1 cm³/mol. The van der Waals surface area contributed by atoms with E-state index in [1.807, 2.05) is 5.38 Å². The maximum atomic E-state index is 12.3. The van der Waals surface area contributed by atoms with Gasteiger partial charge in [-0.2, -0.15) is 0 Å². The topological polar surface area (TPSA) is 53.4 Å². The van der Waals surface area contributed by atoms with Crippen LogP contribution in [0.2, 0.25) is 5.02 Å². The summed E-state index contributed by atoms with van der Waals surface area (Å²) in [6.07, 6.45) is -1.19. The predicted octanol–water partition coefficient (Wildman–Crippen LogP) is 3.61. The van der Waals surface area contributed by atoms with Crippen LogP contribution < -0.4 is 0 Å². The van der Waals surface area contributed by atoms with E-state index in [9.17, 15) is 9.90 Å². The molecule has 1 amide bonds. The smallest absolute Gasteiger partial charge is 0.256 e. The van der Waals surface area contributed by atoms with Gasteiger partial charge in [-0.05, 0) is 17.7 Å². The van der Waals surface area contributed by atoms with E-state index < -0.39 is 6.10 Å². The molecule has 0 saturated heterocycles. The van der Waals surface area contributed by atoms with Gasteiger partial charge in [0.25, 0.3) is 5.91 Å². The summed E-state index contributed by atoms with van der Waals surface area (Å²) in [5, 5.41) is 13.7. The highest BCUT2D eigenvalue weighted by Crippen LogP contribution is 2.22. The molecule has 6 heteroatoms. The molecule has 1 N–H and O–H groups in total. The Morgan fingerprint density at radius 3 is 2.55 bits per heavy atom. The van der Waals surface area contributed by atoms with Crippen LogP contribution in [-0.2, 0) is 11.3 Å². The number of carbonyl (C=O) groups excluding carboxylic acids is 1. The molecular formula is C16H19ClN2O2S. The van der Waals surface area contributed by atoms with Gasteiger partial charge in [0.2, 0.25) is 0 Å². The van der Waals surface area contributed by atoms with Crippen molar-refractivity contribution in [3.05, 3.63) is 50.9 Å². The lowest BCUT2D eigenvalue weighted by Crippen LogP contribution is -2.31. The lowest BCUT2D eigenvalue weighted by atomic mass is 10.1. The Morgan fingerprint density at radius 2 is 2.00 bits per heavy atom. The Bertz CT molecular complexity index is 640. The number of aliphatic hydroxyl groups is 1. The summed E-state index contributed by atoms with van der Waals surface area (Å²) in [5.74, 6) is 0.0147. The van der Waals surface area contributed by atoms with Gasteiger partial charge in [-0.15, -0.1) is 11.3 Å². The lowest BCUT2D eigenvalue weighted by Gasteiger charge is -2.20. The summed E-state index contributed by atoms with van der Waals surface area (Å²) in [5.41, 5.74) is 1.37. The molecule has 0 bridgehead atoms. The molecule has 2 aromatic rings. The van der Waals surface area contributed by atoms with Crippen molar-refractivity contribution in [2.24, 2.45) is 0 Å². The molecule has 0 aliphatic rings. The van der Waals surface area contributed by atoms with Crippen LogP contribution in [0.5, 0.6) is 0 Å². The highest BCUT2D eigenvalue weighted by molar-refractivity contribution is 7.09. The van der Waals surface area contributed by atoms with Gasteiger partial charge in [-0.1, -0.05) is 37.6 Å². The van der Waals surface area contributed by atoms with Crippen LogP contribution in [0.3, 0.4) is 0 Å². The zero-order chi connectivity index (χ0) is 16.3. The quantitative estimate of drug-likeness (QED) is 0.906. The van der Waals surface area contributed by atoms with Crippen LogP contribution in [0.15, 0.2) is 29.6 Å². The fourth-order valence-electron chi connectivity index (χ4n) is 1.98. The number of hydrogen-bond donors (Lipinski definition) is 1. The van der Waals surface area contributed by atoms with E-state index in [2.05, 4.69) is 18.8 Å². The molecule has 22 heavy (non-hydrogen) atoms. The van der Waals surface area contributed by atoms with Crippen molar-refractivity contribution < 1.29 is 9.90 Å². The minimum Gasteiger partial charge on any atom is -0.378 e. The van der Waals surface area contributed by atoms with E-state index in [1.54, 1.807) is 42.6 Å². The summed E-state index contributed by atoms with van der Waals surface area (Å²) in [6.45, 7) is 4.55. The second-order valence-corrected chi connectivity index (χ2v) is 6.81. The van der Waals surface area contributed by atoms with Gasteiger partial charge in [-0.3, -0.25) is 4.79 Å². The third-order valence-corrected chi connectivity index (χ3v) is 4.70. The van der Waals surface area contributed by atoms with Crippen LogP contribution in [0, 0.1) is 0 Å². The zero-order valence-corrected chi connectivity index (χ0v) is 14.4. The van der Waals surface area contributed by atoms with Crippen LogP contribution in [0.25, 0.3) is 0 Å². The molecule has 0 unspecified atom stereocenters. The number of amides is 1. The normalized spacial score (nSPS) is 12.5. The minimum atomic E-state index is -1.19. The van der Waals surface area contributed by atoms with Gasteiger partial charge in [0.05, 0.1) is 17.2 Å².